The van der Waals surface area contributed by atoms with E-state index in [0.717, 1.165) is 22.0 Å². The van der Waals surface area contributed by atoms with Crippen LogP contribution >= 0.6 is 0 Å². The Labute approximate surface area is 168 Å². The Morgan fingerprint density at radius 1 is 1.14 bits per heavy atom. The summed E-state index contributed by atoms with van der Waals surface area (Å²) in [7, 11) is 3.03. The molecule has 7 heteroatoms. The third-order valence-corrected chi connectivity index (χ3v) is 4.87. The second-order valence-corrected chi connectivity index (χ2v) is 6.82. The van der Waals surface area contributed by atoms with Crippen LogP contribution < -0.4 is 14.8 Å². The fraction of sp³-hybridized carbons (Fsp3) is 0.273. The summed E-state index contributed by atoms with van der Waals surface area (Å²) in [6.07, 6.45) is 1.72. The summed E-state index contributed by atoms with van der Waals surface area (Å²) in [6, 6.07) is 10.3. The van der Waals surface area contributed by atoms with E-state index in [1.807, 2.05) is 31.3 Å². The molecule has 1 heterocycles. The molecule has 1 amide bonds. The first-order valence-corrected chi connectivity index (χ1v) is 9.21. The number of carbonyl (C=O) groups is 2. The maximum atomic E-state index is 12.7. The number of methoxy groups -OCH3 is 2. The van der Waals surface area contributed by atoms with Gasteiger partial charge in [0.05, 0.1) is 33.1 Å². The molecule has 0 saturated heterocycles. The van der Waals surface area contributed by atoms with Crippen molar-refractivity contribution in [1.29, 1.82) is 0 Å². The first-order valence-electron chi connectivity index (χ1n) is 9.21. The first kappa shape index (κ1) is 20.3. The lowest BCUT2D eigenvalue weighted by Gasteiger charge is -2.19. The monoisotopic (exact) mass is 396 g/mol. The summed E-state index contributed by atoms with van der Waals surface area (Å²) in [4.78, 5) is 27.3. The molecule has 0 aliphatic carbocycles. The highest BCUT2D eigenvalue weighted by Crippen LogP contribution is 2.31. The number of aliphatic carboxylic acids is 1. The van der Waals surface area contributed by atoms with Crippen LogP contribution in [0.25, 0.3) is 10.9 Å². The molecule has 0 saturated carbocycles. The number of nitrogens with one attached hydrogen (secondary N) is 2. The number of carboxylic acid groups (broad SMARTS) is 1. The van der Waals surface area contributed by atoms with Crippen LogP contribution in [0.3, 0.4) is 0 Å². The van der Waals surface area contributed by atoms with Gasteiger partial charge < -0.3 is 24.9 Å². The zero-order valence-corrected chi connectivity index (χ0v) is 16.6. The van der Waals surface area contributed by atoms with Gasteiger partial charge in [-0.1, -0.05) is 18.2 Å². The summed E-state index contributed by atoms with van der Waals surface area (Å²) in [5.41, 5.74) is 3.55. The number of benzene rings is 2. The number of rotatable bonds is 8. The maximum absolute atomic E-state index is 12.7. The standard InChI is InChI=1S/C22H24N2O5/c1-13-5-4-6-16-22(13)15(12-23-16)10-20(25)24-17(11-21(26)27)14-7-8-18(28-2)19(9-14)29-3/h4-9,12,17,23H,10-11H2,1-3H3,(H,24,25)(H,26,27). The number of amides is 1. The van der Waals surface area contributed by atoms with Crippen molar-refractivity contribution in [2.75, 3.05) is 14.2 Å². The van der Waals surface area contributed by atoms with Gasteiger partial charge in [-0.15, -0.1) is 0 Å². The number of hydrogen-bond acceptors (Lipinski definition) is 4. The van der Waals surface area contributed by atoms with Gasteiger partial charge in [0.2, 0.25) is 5.91 Å². The molecule has 29 heavy (non-hydrogen) atoms. The van der Waals surface area contributed by atoms with E-state index in [2.05, 4.69) is 10.3 Å². The SMILES string of the molecule is COc1ccc(C(CC(=O)O)NC(=O)Cc2c[nH]c3cccc(C)c23)cc1OC. The molecular weight excluding hydrogens is 372 g/mol. The fourth-order valence-electron chi connectivity index (χ4n) is 3.51. The molecule has 0 fully saturated rings. The summed E-state index contributed by atoms with van der Waals surface area (Å²) in [5.74, 6) is -0.254. The summed E-state index contributed by atoms with van der Waals surface area (Å²) < 4.78 is 10.5. The second-order valence-electron chi connectivity index (χ2n) is 6.82. The Kier molecular flexibility index (Phi) is 6.07. The van der Waals surface area contributed by atoms with Crippen molar-refractivity contribution in [3.63, 3.8) is 0 Å². The van der Waals surface area contributed by atoms with Crippen molar-refractivity contribution in [3.8, 4) is 11.5 Å². The third-order valence-electron chi connectivity index (χ3n) is 4.87. The summed E-state index contributed by atoms with van der Waals surface area (Å²) in [6.45, 7) is 1.99. The molecular formula is C22H24N2O5. The van der Waals surface area contributed by atoms with E-state index in [9.17, 15) is 14.7 Å². The number of H-pyrrole nitrogens is 1. The van der Waals surface area contributed by atoms with E-state index in [1.54, 1.807) is 18.2 Å². The Bertz CT molecular complexity index is 1040. The molecule has 0 radical (unpaired) electrons. The smallest absolute Gasteiger partial charge is 0.305 e. The van der Waals surface area contributed by atoms with Gasteiger partial charge in [0, 0.05) is 17.1 Å². The predicted molar refractivity (Wildman–Crippen MR) is 109 cm³/mol. The fourth-order valence-corrected chi connectivity index (χ4v) is 3.51. The van der Waals surface area contributed by atoms with Gasteiger partial charge in [0.25, 0.3) is 0 Å². The van der Waals surface area contributed by atoms with Crippen LogP contribution in [0.5, 0.6) is 11.5 Å². The van der Waals surface area contributed by atoms with Gasteiger partial charge in [0.15, 0.2) is 11.5 Å². The highest BCUT2D eigenvalue weighted by Gasteiger charge is 2.21. The van der Waals surface area contributed by atoms with Gasteiger partial charge >= 0.3 is 5.97 Å². The molecule has 0 spiro atoms. The van der Waals surface area contributed by atoms with E-state index >= 15 is 0 Å². The van der Waals surface area contributed by atoms with Crippen molar-refractivity contribution in [3.05, 3.63) is 59.3 Å². The van der Waals surface area contributed by atoms with E-state index < -0.39 is 12.0 Å². The number of carbonyl (C=O) groups excluding carboxylic acids is 1. The van der Waals surface area contributed by atoms with Crippen molar-refractivity contribution in [2.45, 2.75) is 25.8 Å². The van der Waals surface area contributed by atoms with Crippen LogP contribution in [-0.4, -0.2) is 36.2 Å². The molecule has 1 atom stereocenters. The third kappa shape index (κ3) is 4.51. The van der Waals surface area contributed by atoms with Crippen LogP contribution in [0.4, 0.5) is 0 Å². The molecule has 3 rings (SSSR count). The number of fused-ring (bicyclic) bond motifs is 1. The Morgan fingerprint density at radius 2 is 1.90 bits per heavy atom. The van der Waals surface area contributed by atoms with Crippen molar-refractivity contribution in [1.82, 2.24) is 10.3 Å². The second kappa shape index (κ2) is 8.68. The lowest BCUT2D eigenvalue weighted by atomic mass is 10.0. The van der Waals surface area contributed by atoms with Gasteiger partial charge in [0.1, 0.15) is 0 Å². The first-order chi connectivity index (χ1) is 13.9. The number of hydrogen-bond donors (Lipinski definition) is 3. The van der Waals surface area contributed by atoms with Crippen molar-refractivity contribution < 1.29 is 24.2 Å². The molecule has 3 aromatic rings. The molecule has 2 aromatic carbocycles. The minimum absolute atomic E-state index is 0.147. The van der Waals surface area contributed by atoms with Gasteiger partial charge in [-0.3, -0.25) is 9.59 Å². The summed E-state index contributed by atoms with van der Waals surface area (Å²) >= 11 is 0. The molecule has 1 aromatic heterocycles. The molecule has 0 aliphatic heterocycles. The lowest BCUT2D eigenvalue weighted by molar-refractivity contribution is -0.137. The number of aryl methyl sites for hydroxylation is 1. The van der Waals surface area contributed by atoms with Crippen LogP contribution in [0, 0.1) is 6.92 Å². The largest absolute Gasteiger partial charge is 0.493 e. The highest BCUT2D eigenvalue weighted by atomic mass is 16.5. The number of aromatic amines is 1. The normalized spacial score (nSPS) is 11.8. The predicted octanol–water partition coefficient (Wildman–Crippen LogP) is 3.37. The van der Waals surface area contributed by atoms with Crippen molar-refractivity contribution >= 4 is 22.8 Å². The number of carboxylic acids is 1. The van der Waals surface area contributed by atoms with Crippen LogP contribution in [0.15, 0.2) is 42.6 Å². The van der Waals surface area contributed by atoms with Gasteiger partial charge in [-0.25, -0.2) is 0 Å². The van der Waals surface area contributed by atoms with Crippen LogP contribution in [0.1, 0.15) is 29.2 Å². The van der Waals surface area contributed by atoms with Crippen molar-refractivity contribution in [2.24, 2.45) is 0 Å². The topological polar surface area (TPSA) is 101 Å². The zero-order chi connectivity index (χ0) is 21.0. The number of aromatic nitrogens is 1. The molecule has 0 aliphatic rings. The molecule has 7 nitrogen and oxygen atoms in total. The molecule has 152 valence electrons. The van der Waals surface area contributed by atoms with E-state index in [4.69, 9.17) is 9.47 Å². The molecule has 0 bridgehead atoms. The van der Waals surface area contributed by atoms with E-state index in [1.165, 1.54) is 14.2 Å². The van der Waals surface area contributed by atoms with Gasteiger partial charge in [-0.05, 0) is 41.8 Å². The molecule has 1 unspecified atom stereocenters. The maximum Gasteiger partial charge on any atom is 0.305 e. The van der Waals surface area contributed by atoms with Gasteiger partial charge in [-0.2, -0.15) is 0 Å². The summed E-state index contributed by atoms with van der Waals surface area (Å²) in [5, 5.41) is 13.2. The molecule has 3 N–H and O–H groups in total. The quantitative estimate of drug-likeness (QED) is 0.542. The number of ether oxygens (including phenoxy) is 2. The minimum atomic E-state index is -1.01. The lowest BCUT2D eigenvalue weighted by Crippen LogP contribution is -2.31. The Balaban J connectivity index is 1.83. The Morgan fingerprint density at radius 3 is 2.59 bits per heavy atom. The minimum Gasteiger partial charge on any atom is -0.493 e. The Hall–Kier alpha value is -3.48. The zero-order valence-electron chi connectivity index (χ0n) is 16.6. The highest BCUT2D eigenvalue weighted by molar-refractivity contribution is 5.91. The van der Waals surface area contributed by atoms with Crippen LogP contribution in [-0.2, 0) is 16.0 Å². The average molecular weight is 396 g/mol. The van der Waals surface area contributed by atoms with E-state index in [-0.39, 0.29) is 18.7 Å². The average Bonchev–Trinajstić information content (AvgIpc) is 3.10. The van der Waals surface area contributed by atoms with E-state index in [0.29, 0.717) is 17.1 Å². The van der Waals surface area contributed by atoms with Crippen LogP contribution in [0.2, 0.25) is 0 Å².